The fourth-order valence-electron chi connectivity index (χ4n) is 1.67. The van der Waals surface area contributed by atoms with Crippen LogP contribution in [0, 0.1) is 6.92 Å². The van der Waals surface area contributed by atoms with Crippen molar-refractivity contribution in [2.24, 2.45) is 0 Å². The Bertz CT molecular complexity index is 748. The largest absolute Gasteiger partial charge is 0.269 e. The van der Waals surface area contributed by atoms with Gasteiger partial charge >= 0.3 is 0 Å². The normalized spacial score (nSPS) is 11.4. The molecule has 0 fully saturated rings. The number of hydrogen-bond acceptors (Lipinski definition) is 3. The van der Waals surface area contributed by atoms with Crippen molar-refractivity contribution in [3.05, 3.63) is 52.3 Å². The van der Waals surface area contributed by atoms with Crippen molar-refractivity contribution in [3.8, 4) is 0 Å². The Morgan fingerprint density at radius 3 is 2.50 bits per heavy atom. The lowest BCUT2D eigenvalue weighted by molar-refractivity contribution is 0.594. The van der Waals surface area contributed by atoms with Gasteiger partial charge in [-0.25, -0.2) is 13.4 Å². The van der Waals surface area contributed by atoms with Crippen molar-refractivity contribution < 1.29 is 8.42 Å². The fraction of sp³-hybridized carbons (Fsp3) is 0.154. The van der Waals surface area contributed by atoms with E-state index in [2.05, 4.69) is 4.98 Å². The molecule has 0 aliphatic rings. The third kappa shape index (κ3) is 2.90. The zero-order valence-electron chi connectivity index (χ0n) is 10.8. The smallest absolute Gasteiger partial charge is 0.265 e. The summed E-state index contributed by atoms with van der Waals surface area (Å²) < 4.78 is 26.2. The Labute approximate surface area is 128 Å². The molecule has 106 valence electrons. The number of benzene rings is 1. The first-order valence-corrected chi connectivity index (χ1v) is 7.88. The van der Waals surface area contributed by atoms with Gasteiger partial charge in [0.25, 0.3) is 10.0 Å². The molecule has 0 aliphatic carbocycles. The Kier molecular flexibility index (Phi) is 4.22. The summed E-state index contributed by atoms with van der Waals surface area (Å²) in [7, 11) is -2.24. The number of anilines is 1. The highest BCUT2D eigenvalue weighted by Gasteiger charge is 2.22. The third-order valence-electron chi connectivity index (χ3n) is 2.79. The first kappa shape index (κ1) is 15.1. The number of aryl methyl sites for hydroxylation is 1. The summed E-state index contributed by atoms with van der Waals surface area (Å²) in [5.41, 5.74) is 1.54. The second-order valence-electron chi connectivity index (χ2n) is 4.26. The molecule has 0 spiro atoms. The van der Waals surface area contributed by atoms with Crippen molar-refractivity contribution in [2.45, 2.75) is 11.8 Å². The van der Waals surface area contributed by atoms with Crippen LogP contribution in [0.2, 0.25) is 10.2 Å². The van der Waals surface area contributed by atoms with E-state index in [9.17, 15) is 8.42 Å². The van der Waals surface area contributed by atoms with E-state index in [-0.39, 0.29) is 15.1 Å². The molecule has 7 heteroatoms. The maximum atomic E-state index is 12.5. The van der Waals surface area contributed by atoms with Gasteiger partial charge in [0, 0.05) is 13.2 Å². The average Bonchev–Trinajstić information content (AvgIpc) is 2.40. The number of rotatable bonds is 3. The van der Waals surface area contributed by atoms with E-state index in [0.717, 1.165) is 5.56 Å². The highest BCUT2D eigenvalue weighted by Crippen LogP contribution is 2.26. The summed E-state index contributed by atoms with van der Waals surface area (Å²) in [4.78, 5) is 3.76. The lowest BCUT2D eigenvalue weighted by Gasteiger charge is -2.19. The summed E-state index contributed by atoms with van der Waals surface area (Å²) in [5.74, 6) is 0. The van der Waals surface area contributed by atoms with Gasteiger partial charge in [0.2, 0.25) is 0 Å². The Morgan fingerprint density at radius 1 is 1.20 bits per heavy atom. The molecule has 0 unspecified atom stereocenters. The molecule has 0 saturated carbocycles. The number of sulfonamides is 1. The highest BCUT2D eigenvalue weighted by molar-refractivity contribution is 7.92. The van der Waals surface area contributed by atoms with Crippen LogP contribution in [-0.2, 0) is 10.0 Å². The minimum atomic E-state index is -3.72. The maximum Gasteiger partial charge on any atom is 0.265 e. The van der Waals surface area contributed by atoms with Crippen LogP contribution in [0.3, 0.4) is 0 Å². The monoisotopic (exact) mass is 330 g/mol. The predicted octanol–water partition coefficient (Wildman–Crippen LogP) is 3.52. The number of hydrogen-bond donors (Lipinski definition) is 0. The van der Waals surface area contributed by atoms with Gasteiger partial charge < -0.3 is 0 Å². The van der Waals surface area contributed by atoms with Gasteiger partial charge in [-0.15, -0.1) is 0 Å². The second kappa shape index (κ2) is 5.60. The van der Waals surface area contributed by atoms with Gasteiger partial charge in [-0.05, 0) is 30.7 Å². The molecule has 1 heterocycles. The molecule has 4 nitrogen and oxygen atoms in total. The van der Waals surface area contributed by atoms with Gasteiger partial charge in [0.05, 0.1) is 10.7 Å². The molecule has 2 rings (SSSR count). The van der Waals surface area contributed by atoms with Gasteiger partial charge in [0.1, 0.15) is 10.0 Å². The van der Waals surface area contributed by atoms with Crippen LogP contribution in [0.25, 0.3) is 0 Å². The molecule has 0 amide bonds. The Hall–Kier alpha value is -1.30. The molecular weight excluding hydrogens is 319 g/mol. The molecule has 0 atom stereocenters. The minimum absolute atomic E-state index is 0.00379. The molecule has 0 N–H and O–H groups in total. The maximum absolute atomic E-state index is 12.5. The Morgan fingerprint density at radius 2 is 1.90 bits per heavy atom. The van der Waals surface area contributed by atoms with Crippen molar-refractivity contribution in [3.63, 3.8) is 0 Å². The first-order chi connectivity index (χ1) is 9.32. The summed E-state index contributed by atoms with van der Waals surface area (Å²) >= 11 is 11.5. The van der Waals surface area contributed by atoms with Crippen molar-refractivity contribution in [2.75, 3.05) is 11.4 Å². The predicted molar refractivity (Wildman–Crippen MR) is 81.0 cm³/mol. The minimum Gasteiger partial charge on any atom is -0.269 e. The van der Waals surface area contributed by atoms with E-state index in [1.165, 1.54) is 23.6 Å². The van der Waals surface area contributed by atoms with Crippen molar-refractivity contribution >= 4 is 38.9 Å². The lowest BCUT2D eigenvalue weighted by Crippen LogP contribution is -2.26. The van der Waals surface area contributed by atoms with Gasteiger partial charge in [0.15, 0.2) is 0 Å². The van der Waals surface area contributed by atoms with Gasteiger partial charge in [-0.3, -0.25) is 4.31 Å². The van der Waals surface area contributed by atoms with E-state index in [4.69, 9.17) is 23.2 Å². The van der Waals surface area contributed by atoms with Gasteiger partial charge in [-0.1, -0.05) is 35.3 Å². The zero-order valence-corrected chi connectivity index (χ0v) is 13.2. The number of nitrogens with zero attached hydrogens (tertiary/aromatic N) is 2. The summed E-state index contributed by atoms with van der Waals surface area (Å²) in [5, 5.41) is 0.175. The van der Waals surface area contributed by atoms with Gasteiger partial charge in [-0.2, -0.15) is 0 Å². The van der Waals surface area contributed by atoms with E-state index >= 15 is 0 Å². The van der Waals surface area contributed by atoms with Crippen LogP contribution in [0.1, 0.15) is 5.56 Å². The second-order valence-corrected chi connectivity index (χ2v) is 6.99. The number of aromatic nitrogens is 1. The van der Waals surface area contributed by atoms with E-state index in [1.807, 2.05) is 13.0 Å². The molecule has 0 saturated heterocycles. The van der Waals surface area contributed by atoms with E-state index in [0.29, 0.717) is 5.69 Å². The summed E-state index contributed by atoms with van der Waals surface area (Å²) in [6.45, 7) is 1.89. The number of pyridine rings is 1. The standard InChI is InChI=1S/C13H12Cl2N2O2S/c1-9-4-3-5-10(6-9)17(2)20(18,19)11-7-12(14)13(15)16-8-11/h3-8H,1-2H3. The average molecular weight is 331 g/mol. The van der Waals surface area contributed by atoms with Crippen molar-refractivity contribution in [1.82, 2.24) is 4.98 Å². The van der Waals surface area contributed by atoms with Crippen molar-refractivity contribution in [1.29, 1.82) is 0 Å². The summed E-state index contributed by atoms with van der Waals surface area (Å²) in [6.07, 6.45) is 1.19. The molecule has 0 bridgehead atoms. The number of halogens is 2. The fourth-order valence-corrected chi connectivity index (χ4v) is 3.16. The molecule has 0 radical (unpaired) electrons. The third-order valence-corrected chi connectivity index (χ3v) is 5.23. The SMILES string of the molecule is Cc1cccc(N(C)S(=O)(=O)c2cnc(Cl)c(Cl)c2)c1. The van der Waals surface area contributed by atoms with Crippen LogP contribution in [0.4, 0.5) is 5.69 Å². The van der Waals surface area contributed by atoms with E-state index < -0.39 is 10.0 Å². The molecule has 20 heavy (non-hydrogen) atoms. The summed E-state index contributed by atoms with van der Waals surface area (Å²) in [6, 6.07) is 8.48. The molecule has 1 aromatic heterocycles. The first-order valence-electron chi connectivity index (χ1n) is 5.69. The molecule has 1 aromatic carbocycles. The van der Waals surface area contributed by atoms with Crippen LogP contribution in [-0.4, -0.2) is 20.4 Å². The molecule has 0 aliphatic heterocycles. The lowest BCUT2D eigenvalue weighted by atomic mass is 10.2. The van der Waals surface area contributed by atoms with Crippen LogP contribution in [0.15, 0.2) is 41.4 Å². The van der Waals surface area contributed by atoms with E-state index in [1.54, 1.807) is 18.2 Å². The quantitative estimate of drug-likeness (QED) is 0.809. The topological polar surface area (TPSA) is 50.3 Å². The highest BCUT2D eigenvalue weighted by atomic mass is 35.5. The van der Waals surface area contributed by atoms with Crippen LogP contribution in [0.5, 0.6) is 0 Å². The molecular formula is C13H12Cl2N2O2S. The van der Waals surface area contributed by atoms with Crippen LogP contribution >= 0.6 is 23.2 Å². The molecule has 2 aromatic rings. The zero-order chi connectivity index (χ0) is 14.9. The Balaban J connectivity index is 2.46. The van der Waals surface area contributed by atoms with Crippen LogP contribution < -0.4 is 4.31 Å².